The van der Waals surface area contributed by atoms with E-state index in [1.165, 1.54) is 12.1 Å². The molecule has 0 fully saturated rings. The molecule has 0 radical (unpaired) electrons. The fourth-order valence-corrected chi connectivity index (χ4v) is 1.56. The van der Waals surface area contributed by atoms with Crippen LogP contribution in [0, 0.1) is 17.7 Å². The van der Waals surface area contributed by atoms with Gasteiger partial charge in [-0.15, -0.1) is 11.8 Å². The van der Waals surface area contributed by atoms with Gasteiger partial charge in [-0.3, -0.25) is 0 Å². The molecule has 80 valence electrons. The second-order valence-corrected chi connectivity index (χ2v) is 3.94. The summed E-state index contributed by atoms with van der Waals surface area (Å²) in [5.74, 6) is 5.58. The number of benzene rings is 1. The largest absolute Gasteiger partial charge is 0.312 e. The van der Waals surface area contributed by atoms with E-state index in [0.29, 0.717) is 6.54 Å². The summed E-state index contributed by atoms with van der Waals surface area (Å²) in [6.45, 7) is 3.30. The topological polar surface area (TPSA) is 12.0 Å². The van der Waals surface area contributed by atoms with Gasteiger partial charge in [-0.25, -0.2) is 4.39 Å². The molecule has 0 aliphatic carbocycles. The van der Waals surface area contributed by atoms with Gasteiger partial charge in [0.1, 0.15) is 5.82 Å². The highest BCUT2D eigenvalue weighted by molar-refractivity contribution is 9.10. The highest BCUT2D eigenvalue weighted by Crippen LogP contribution is 2.17. The fourth-order valence-electron chi connectivity index (χ4n) is 1.18. The molecule has 1 rings (SSSR count). The zero-order valence-corrected chi connectivity index (χ0v) is 10.2. The Balaban J connectivity index is 2.42. The van der Waals surface area contributed by atoms with Crippen LogP contribution in [0.3, 0.4) is 0 Å². The molecule has 1 N–H and O–H groups in total. The molecular weight excluding hydrogens is 257 g/mol. The molecule has 0 spiro atoms. The van der Waals surface area contributed by atoms with Crippen molar-refractivity contribution in [2.75, 3.05) is 6.54 Å². The highest BCUT2D eigenvalue weighted by Gasteiger charge is 2.00. The maximum Gasteiger partial charge on any atom is 0.123 e. The van der Waals surface area contributed by atoms with Crippen LogP contribution in [0.15, 0.2) is 22.7 Å². The average Bonchev–Trinajstić information content (AvgIpc) is 2.23. The van der Waals surface area contributed by atoms with E-state index >= 15 is 0 Å². The van der Waals surface area contributed by atoms with Crippen molar-refractivity contribution in [1.29, 1.82) is 0 Å². The smallest absolute Gasteiger partial charge is 0.123 e. The molecule has 0 heterocycles. The third-order valence-electron chi connectivity index (χ3n) is 1.93. The highest BCUT2D eigenvalue weighted by atomic mass is 79.9. The Labute approximate surface area is 98.2 Å². The summed E-state index contributed by atoms with van der Waals surface area (Å²) in [7, 11) is 0. The van der Waals surface area contributed by atoms with E-state index in [2.05, 4.69) is 33.1 Å². The molecule has 0 amide bonds. The molecule has 1 nitrogen and oxygen atoms in total. The molecule has 0 unspecified atom stereocenters. The van der Waals surface area contributed by atoms with Crippen LogP contribution in [0.1, 0.15) is 18.9 Å². The molecule has 0 aliphatic rings. The lowest BCUT2D eigenvalue weighted by molar-refractivity contribution is 0.620. The normalized spacial score (nSPS) is 9.53. The summed E-state index contributed by atoms with van der Waals surface area (Å²) in [4.78, 5) is 0. The predicted octanol–water partition coefficient (Wildman–Crippen LogP) is 3.09. The van der Waals surface area contributed by atoms with Crippen LogP contribution in [0.4, 0.5) is 4.39 Å². The minimum Gasteiger partial charge on any atom is -0.312 e. The van der Waals surface area contributed by atoms with Crippen LogP contribution in [0.2, 0.25) is 0 Å². The number of hydrogen-bond acceptors (Lipinski definition) is 1. The van der Waals surface area contributed by atoms with Crippen molar-refractivity contribution in [2.45, 2.75) is 19.9 Å². The Kier molecular flexibility index (Phi) is 5.38. The van der Waals surface area contributed by atoms with E-state index in [4.69, 9.17) is 0 Å². The standard InChI is InChI=1S/C12H13BrFN/c1-2-3-4-7-15-9-10-8-11(14)5-6-12(10)13/h5-6,8,15H,4,7,9H2,1H3. The Morgan fingerprint density at radius 2 is 2.27 bits per heavy atom. The third-order valence-corrected chi connectivity index (χ3v) is 2.70. The van der Waals surface area contributed by atoms with E-state index in [9.17, 15) is 4.39 Å². The van der Waals surface area contributed by atoms with Gasteiger partial charge in [-0.2, -0.15) is 0 Å². The molecule has 0 atom stereocenters. The predicted molar refractivity (Wildman–Crippen MR) is 63.9 cm³/mol. The van der Waals surface area contributed by atoms with E-state index in [1.54, 1.807) is 6.07 Å². The summed E-state index contributed by atoms with van der Waals surface area (Å²) in [6, 6.07) is 4.69. The van der Waals surface area contributed by atoms with Crippen molar-refractivity contribution < 1.29 is 4.39 Å². The molecular formula is C12H13BrFN. The SMILES string of the molecule is CC#CCCNCc1cc(F)ccc1Br. The molecule has 3 heteroatoms. The van der Waals surface area contributed by atoms with Crippen LogP contribution in [0.25, 0.3) is 0 Å². The van der Waals surface area contributed by atoms with Crippen molar-refractivity contribution >= 4 is 15.9 Å². The summed E-state index contributed by atoms with van der Waals surface area (Å²) < 4.78 is 13.8. The van der Waals surface area contributed by atoms with E-state index in [-0.39, 0.29) is 5.82 Å². The summed E-state index contributed by atoms with van der Waals surface area (Å²) in [6.07, 6.45) is 0.823. The lowest BCUT2D eigenvalue weighted by Crippen LogP contribution is -2.14. The Bertz CT molecular complexity index is 379. The summed E-state index contributed by atoms with van der Waals surface area (Å²) in [5.41, 5.74) is 0.930. The molecule has 0 aromatic heterocycles. The molecule has 0 saturated heterocycles. The first-order chi connectivity index (χ1) is 7.24. The molecule has 15 heavy (non-hydrogen) atoms. The van der Waals surface area contributed by atoms with Gasteiger partial charge in [0.05, 0.1) is 0 Å². The third kappa shape index (κ3) is 4.46. The van der Waals surface area contributed by atoms with E-state index in [0.717, 1.165) is 23.0 Å². The van der Waals surface area contributed by atoms with Crippen molar-refractivity contribution in [3.05, 3.63) is 34.1 Å². The van der Waals surface area contributed by atoms with Gasteiger partial charge in [0.25, 0.3) is 0 Å². The van der Waals surface area contributed by atoms with Crippen LogP contribution in [-0.4, -0.2) is 6.54 Å². The molecule has 0 bridgehead atoms. The first-order valence-electron chi connectivity index (χ1n) is 4.78. The number of rotatable bonds is 4. The van der Waals surface area contributed by atoms with Crippen molar-refractivity contribution in [3.63, 3.8) is 0 Å². The quantitative estimate of drug-likeness (QED) is 0.655. The lowest BCUT2D eigenvalue weighted by Gasteiger charge is -2.05. The number of hydrogen-bond donors (Lipinski definition) is 1. The number of halogens is 2. The van der Waals surface area contributed by atoms with Gasteiger partial charge < -0.3 is 5.32 Å². The summed E-state index contributed by atoms with van der Waals surface area (Å²) in [5, 5.41) is 3.21. The Morgan fingerprint density at radius 1 is 1.47 bits per heavy atom. The first kappa shape index (κ1) is 12.2. The van der Waals surface area contributed by atoms with Crippen molar-refractivity contribution in [2.24, 2.45) is 0 Å². The molecule has 0 saturated carbocycles. The van der Waals surface area contributed by atoms with Crippen LogP contribution in [0.5, 0.6) is 0 Å². The van der Waals surface area contributed by atoms with Crippen molar-refractivity contribution in [3.8, 4) is 11.8 Å². The Hall–Kier alpha value is -0.850. The summed E-state index contributed by atoms with van der Waals surface area (Å²) >= 11 is 3.38. The van der Waals surface area contributed by atoms with Gasteiger partial charge in [0.2, 0.25) is 0 Å². The minimum absolute atomic E-state index is 0.205. The van der Waals surface area contributed by atoms with Gasteiger partial charge in [-0.05, 0) is 30.7 Å². The number of nitrogens with one attached hydrogen (secondary N) is 1. The van der Waals surface area contributed by atoms with Gasteiger partial charge >= 0.3 is 0 Å². The van der Waals surface area contributed by atoms with E-state index in [1.807, 2.05) is 6.92 Å². The van der Waals surface area contributed by atoms with E-state index < -0.39 is 0 Å². The maximum atomic E-state index is 12.9. The first-order valence-corrected chi connectivity index (χ1v) is 5.57. The second-order valence-electron chi connectivity index (χ2n) is 3.09. The van der Waals surface area contributed by atoms with Crippen LogP contribution in [-0.2, 0) is 6.54 Å². The van der Waals surface area contributed by atoms with Gasteiger partial charge in [0, 0.05) is 24.0 Å². The fraction of sp³-hybridized carbons (Fsp3) is 0.333. The Morgan fingerprint density at radius 3 is 3.00 bits per heavy atom. The lowest BCUT2D eigenvalue weighted by atomic mass is 10.2. The van der Waals surface area contributed by atoms with Gasteiger partial charge in [-0.1, -0.05) is 15.9 Å². The molecule has 1 aromatic carbocycles. The molecule has 1 aromatic rings. The monoisotopic (exact) mass is 269 g/mol. The second kappa shape index (κ2) is 6.60. The van der Waals surface area contributed by atoms with Crippen molar-refractivity contribution in [1.82, 2.24) is 5.32 Å². The van der Waals surface area contributed by atoms with Crippen LogP contribution >= 0.6 is 15.9 Å². The zero-order chi connectivity index (χ0) is 11.1. The average molecular weight is 270 g/mol. The minimum atomic E-state index is -0.205. The molecule has 0 aliphatic heterocycles. The van der Waals surface area contributed by atoms with Crippen LogP contribution < -0.4 is 5.32 Å². The maximum absolute atomic E-state index is 12.9. The zero-order valence-electron chi connectivity index (χ0n) is 8.61. The van der Waals surface area contributed by atoms with Gasteiger partial charge in [0.15, 0.2) is 0 Å².